The number of rotatable bonds is 8. The van der Waals surface area contributed by atoms with E-state index < -0.39 is 28.0 Å². The summed E-state index contributed by atoms with van der Waals surface area (Å²) >= 11 is 1.51. The van der Waals surface area contributed by atoms with Crippen molar-refractivity contribution in [3.05, 3.63) is 72.3 Å². The Morgan fingerprint density at radius 1 is 1.26 bits per heavy atom. The maximum Gasteiger partial charge on any atom is 0.308 e. The minimum Gasteiger partial charge on any atom is -0.497 e. The first-order valence-corrected chi connectivity index (χ1v) is 12.4. The average Bonchev–Trinajstić information content (AvgIpc) is 2.77. The average molecular weight is 462 g/mol. The molecule has 0 unspecified atom stereocenters. The first kappa shape index (κ1) is 23.4. The van der Waals surface area contributed by atoms with E-state index >= 15 is 0 Å². The number of hydrogen-bond donors (Lipinski definition) is 1. The number of ether oxygens (including phenoxy) is 1. The van der Waals surface area contributed by atoms with E-state index in [4.69, 9.17) is 4.74 Å². The van der Waals surface area contributed by atoms with Crippen LogP contribution in [0.5, 0.6) is 5.75 Å². The fraction of sp³-hybridized carbons (Fsp3) is 0.348. The van der Waals surface area contributed by atoms with Crippen LogP contribution in [0.2, 0.25) is 0 Å². The van der Waals surface area contributed by atoms with Gasteiger partial charge < -0.3 is 9.84 Å². The van der Waals surface area contributed by atoms with Crippen LogP contribution in [-0.2, 0) is 14.8 Å². The van der Waals surface area contributed by atoms with Crippen LogP contribution in [0.15, 0.2) is 66.1 Å². The monoisotopic (exact) mass is 461 g/mol. The van der Waals surface area contributed by atoms with Gasteiger partial charge in [0.2, 0.25) is 10.0 Å². The second-order valence-electron chi connectivity index (χ2n) is 7.47. The molecule has 1 N–H and O–H groups in total. The summed E-state index contributed by atoms with van der Waals surface area (Å²) < 4.78 is 34.0. The summed E-state index contributed by atoms with van der Waals surface area (Å²) in [5.41, 5.74) is 1.44. The van der Waals surface area contributed by atoms with E-state index in [1.54, 1.807) is 56.5 Å². The zero-order valence-electron chi connectivity index (χ0n) is 17.6. The SMILES string of the molecule is C=CCS[C@@H]1C[C@@H](c2ccc(OC)cc2)N(S(=O)(=O)c2ccccc2C)C[C@H]1C(=O)O. The molecule has 1 fully saturated rings. The van der Waals surface area contributed by atoms with Gasteiger partial charge in [0.15, 0.2) is 0 Å². The summed E-state index contributed by atoms with van der Waals surface area (Å²) in [5.74, 6) is -0.513. The van der Waals surface area contributed by atoms with Crippen molar-refractivity contribution < 1.29 is 23.1 Å². The number of aliphatic carboxylic acids is 1. The van der Waals surface area contributed by atoms with Crippen LogP contribution in [0.25, 0.3) is 0 Å². The van der Waals surface area contributed by atoms with E-state index in [0.717, 1.165) is 5.56 Å². The molecule has 0 radical (unpaired) electrons. The number of sulfonamides is 1. The summed E-state index contributed by atoms with van der Waals surface area (Å²) in [6.45, 7) is 5.39. The van der Waals surface area contributed by atoms with Crippen LogP contribution < -0.4 is 4.74 Å². The lowest BCUT2D eigenvalue weighted by Gasteiger charge is -2.42. The highest BCUT2D eigenvalue weighted by molar-refractivity contribution is 8.00. The number of aryl methyl sites for hydroxylation is 1. The van der Waals surface area contributed by atoms with Crippen LogP contribution in [0.4, 0.5) is 0 Å². The number of carboxylic acid groups (broad SMARTS) is 1. The summed E-state index contributed by atoms with van der Waals surface area (Å²) in [6.07, 6.45) is 2.13. The zero-order valence-corrected chi connectivity index (χ0v) is 19.2. The van der Waals surface area contributed by atoms with Gasteiger partial charge in [0, 0.05) is 17.5 Å². The summed E-state index contributed by atoms with van der Waals surface area (Å²) in [7, 11) is -2.33. The fourth-order valence-electron chi connectivity index (χ4n) is 3.92. The van der Waals surface area contributed by atoms with Gasteiger partial charge in [-0.05, 0) is 42.7 Å². The predicted molar refractivity (Wildman–Crippen MR) is 123 cm³/mol. The molecule has 0 amide bonds. The molecule has 0 spiro atoms. The van der Waals surface area contributed by atoms with Crippen molar-refractivity contribution in [2.24, 2.45) is 5.92 Å². The molecule has 1 aliphatic rings. The second-order valence-corrected chi connectivity index (χ2v) is 10.6. The van der Waals surface area contributed by atoms with E-state index in [0.29, 0.717) is 23.5 Å². The number of nitrogens with zero attached hydrogens (tertiary/aromatic N) is 1. The maximum absolute atomic E-state index is 13.7. The highest BCUT2D eigenvalue weighted by Gasteiger charge is 2.45. The van der Waals surface area contributed by atoms with Crippen LogP contribution in [-0.4, -0.2) is 48.5 Å². The Balaban J connectivity index is 2.08. The van der Waals surface area contributed by atoms with Crippen molar-refractivity contribution >= 4 is 27.8 Å². The summed E-state index contributed by atoms with van der Waals surface area (Å²) in [6, 6.07) is 13.6. The number of thioether (sulfide) groups is 1. The molecule has 8 heteroatoms. The smallest absolute Gasteiger partial charge is 0.308 e. The number of methoxy groups -OCH3 is 1. The van der Waals surface area contributed by atoms with Gasteiger partial charge in [-0.15, -0.1) is 6.58 Å². The quantitative estimate of drug-likeness (QED) is 0.595. The molecule has 6 nitrogen and oxygen atoms in total. The third-order valence-electron chi connectivity index (χ3n) is 5.55. The number of piperidine rings is 1. The Hall–Kier alpha value is -2.29. The molecule has 3 atom stereocenters. The van der Waals surface area contributed by atoms with E-state index in [1.165, 1.54) is 16.1 Å². The van der Waals surface area contributed by atoms with Gasteiger partial charge in [-0.25, -0.2) is 8.42 Å². The molecule has 0 aromatic heterocycles. The Morgan fingerprint density at radius 2 is 1.94 bits per heavy atom. The summed E-state index contributed by atoms with van der Waals surface area (Å²) in [5, 5.41) is 9.63. The molecule has 1 aliphatic heterocycles. The third-order valence-corrected chi connectivity index (χ3v) is 8.97. The van der Waals surface area contributed by atoms with Gasteiger partial charge in [0.25, 0.3) is 0 Å². The second kappa shape index (κ2) is 9.89. The number of carboxylic acids is 1. The molecule has 0 bridgehead atoms. The van der Waals surface area contributed by atoms with Crippen molar-refractivity contribution in [2.45, 2.75) is 29.5 Å². The van der Waals surface area contributed by atoms with Crippen molar-refractivity contribution in [1.82, 2.24) is 4.31 Å². The highest BCUT2D eigenvalue weighted by Crippen LogP contribution is 2.42. The van der Waals surface area contributed by atoms with Gasteiger partial charge in [0.05, 0.1) is 24.0 Å². The van der Waals surface area contributed by atoms with Crippen molar-refractivity contribution in [3.63, 3.8) is 0 Å². The Kier molecular flexibility index (Phi) is 7.46. The standard InChI is InChI=1S/C23H27NO5S2/c1-4-13-30-21-14-20(17-9-11-18(29-3)12-10-17)24(15-19(21)23(25)26)31(27,28)22-8-6-5-7-16(22)2/h4-12,19-21H,1,13-15H2,2-3H3,(H,25,26)/t19-,20+,21-/m1/s1. The van der Waals surface area contributed by atoms with Crippen molar-refractivity contribution in [1.29, 1.82) is 0 Å². The largest absolute Gasteiger partial charge is 0.497 e. The third kappa shape index (κ3) is 4.97. The molecule has 2 aromatic rings. The maximum atomic E-state index is 13.7. The first-order valence-electron chi connectivity index (χ1n) is 9.96. The Morgan fingerprint density at radius 3 is 2.52 bits per heavy atom. The van der Waals surface area contributed by atoms with Gasteiger partial charge in [-0.1, -0.05) is 36.4 Å². The van der Waals surface area contributed by atoms with Crippen molar-refractivity contribution in [2.75, 3.05) is 19.4 Å². The van der Waals surface area contributed by atoms with E-state index in [9.17, 15) is 18.3 Å². The first-order chi connectivity index (χ1) is 14.8. The molecule has 0 saturated carbocycles. The lowest BCUT2D eigenvalue weighted by atomic mass is 9.90. The number of carbonyl (C=O) groups is 1. The normalized spacial score (nSPS) is 22.1. The zero-order chi connectivity index (χ0) is 22.6. The van der Waals surface area contributed by atoms with Gasteiger partial charge in [0.1, 0.15) is 5.75 Å². The number of benzene rings is 2. The fourth-order valence-corrected chi connectivity index (χ4v) is 6.93. The molecule has 31 heavy (non-hydrogen) atoms. The molecule has 3 rings (SSSR count). The molecule has 0 aliphatic carbocycles. The van der Waals surface area contributed by atoms with E-state index in [1.807, 2.05) is 12.1 Å². The van der Waals surface area contributed by atoms with Crippen LogP contribution in [0.1, 0.15) is 23.6 Å². The molecule has 166 valence electrons. The summed E-state index contributed by atoms with van der Waals surface area (Å²) in [4.78, 5) is 12.3. The van der Waals surface area contributed by atoms with Gasteiger partial charge in [-0.2, -0.15) is 16.1 Å². The molecular formula is C23H27NO5S2. The predicted octanol–water partition coefficient (Wildman–Crippen LogP) is 4.13. The van der Waals surface area contributed by atoms with Crippen molar-refractivity contribution in [3.8, 4) is 5.75 Å². The van der Waals surface area contributed by atoms with Gasteiger partial charge >= 0.3 is 5.97 Å². The highest BCUT2D eigenvalue weighted by atomic mass is 32.2. The molecule has 2 aromatic carbocycles. The van der Waals surface area contributed by atoms with Crippen LogP contribution in [0, 0.1) is 12.8 Å². The Labute approximate surface area is 188 Å². The molecule has 1 saturated heterocycles. The van der Waals surface area contributed by atoms with Crippen LogP contribution >= 0.6 is 11.8 Å². The van der Waals surface area contributed by atoms with Crippen LogP contribution in [0.3, 0.4) is 0 Å². The lowest BCUT2D eigenvalue weighted by molar-refractivity contribution is -0.143. The number of hydrogen-bond acceptors (Lipinski definition) is 5. The van der Waals surface area contributed by atoms with E-state index in [2.05, 4.69) is 6.58 Å². The molecule has 1 heterocycles. The van der Waals surface area contributed by atoms with E-state index in [-0.39, 0.29) is 16.7 Å². The minimum absolute atomic E-state index is 0.0858. The molecular weight excluding hydrogens is 434 g/mol. The van der Waals surface area contributed by atoms with Gasteiger partial charge in [-0.3, -0.25) is 4.79 Å². The minimum atomic E-state index is -3.91. The topological polar surface area (TPSA) is 83.9 Å². The lowest BCUT2D eigenvalue weighted by Crippen LogP contribution is -2.49. The Bertz CT molecular complexity index is 1040.